The van der Waals surface area contributed by atoms with Gasteiger partial charge in [-0.05, 0) is 24.6 Å². The van der Waals surface area contributed by atoms with Crippen molar-refractivity contribution in [1.82, 2.24) is 20.1 Å². The summed E-state index contributed by atoms with van der Waals surface area (Å²) in [6.07, 6.45) is 3.48. The maximum absolute atomic E-state index is 11.5. The second-order valence-corrected chi connectivity index (χ2v) is 4.26. The monoisotopic (exact) mass is 295 g/mol. The smallest absolute Gasteiger partial charge is 0.221 e. The molecule has 0 aliphatic carbocycles. The molecule has 0 fully saturated rings. The largest absolute Gasteiger partial charge is 0.350 e. The van der Waals surface area contributed by atoms with E-state index in [9.17, 15) is 4.79 Å². The summed E-state index contributed by atoms with van der Waals surface area (Å²) in [5, 5.41) is 6.95. The zero-order chi connectivity index (χ0) is 13.7. The van der Waals surface area contributed by atoms with Gasteiger partial charge in [-0.15, -0.1) is 12.4 Å². The number of aromatic nitrogens is 3. The fourth-order valence-electron chi connectivity index (χ4n) is 1.79. The van der Waals surface area contributed by atoms with Crippen LogP contribution in [0.3, 0.4) is 0 Å². The number of hydrogen-bond donors (Lipinski definition) is 2. The van der Waals surface area contributed by atoms with E-state index >= 15 is 0 Å². The third-order valence-corrected chi connectivity index (χ3v) is 2.83. The molecule has 0 spiro atoms. The Morgan fingerprint density at radius 2 is 2.10 bits per heavy atom. The van der Waals surface area contributed by atoms with Crippen LogP contribution in [0, 0.1) is 0 Å². The molecule has 1 aromatic carbocycles. The first-order valence-corrected chi connectivity index (χ1v) is 6.15. The Kier molecular flexibility index (Phi) is 6.14. The lowest BCUT2D eigenvalue weighted by atomic mass is 10.1. The molecule has 0 aliphatic rings. The van der Waals surface area contributed by atoms with E-state index in [0.717, 1.165) is 11.3 Å². The molecule has 1 unspecified atom stereocenters. The molecule has 1 aromatic heterocycles. The van der Waals surface area contributed by atoms with E-state index < -0.39 is 0 Å². The summed E-state index contributed by atoms with van der Waals surface area (Å²) in [7, 11) is 0. The summed E-state index contributed by atoms with van der Waals surface area (Å²) in [6.45, 7) is 2.31. The van der Waals surface area contributed by atoms with E-state index in [1.165, 1.54) is 6.33 Å². The van der Waals surface area contributed by atoms with Gasteiger partial charge in [0.2, 0.25) is 5.91 Å². The van der Waals surface area contributed by atoms with Crippen molar-refractivity contribution < 1.29 is 4.79 Å². The Morgan fingerprint density at radius 3 is 2.65 bits per heavy atom. The number of rotatable bonds is 5. The lowest BCUT2D eigenvalue weighted by molar-refractivity contribution is -0.121. The molecule has 0 bridgehead atoms. The van der Waals surface area contributed by atoms with Gasteiger partial charge in [0.05, 0.1) is 11.7 Å². The first-order chi connectivity index (χ1) is 9.20. The summed E-state index contributed by atoms with van der Waals surface area (Å²) < 4.78 is 1.68. The minimum atomic E-state index is -0.0381. The lowest BCUT2D eigenvalue weighted by Gasteiger charge is -2.14. The number of halogens is 1. The Labute approximate surface area is 123 Å². The maximum Gasteiger partial charge on any atom is 0.221 e. The zero-order valence-electron chi connectivity index (χ0n) is 11.2. The zero-order valence-corrected chi connectivity index (χ0v) is 12.0. The number of nitrogens with one attached hydrogen (secondary N) is 1. The van der Waals surface area contributed by atoms with Crippen LogP contribution in [0.2, 0.25) is 0 Å². The van der Waals surface area contributed by atoms with E-state index in [0.29, 0.717) is 13.0 Å². The molecule has 0 saturated heterocycles. The highest BCUT2D eigenvalue weighted by Gasteiger charge is 2.09. The molecule has 1 atom stereocenters. The summed E-state index contributed by atoms with van der Waals surface area (Å²) in [5.41, 5.74) is 7.31. The molecule has 3 N–H and O–H groups in total. The van der Waals surface area contributed by atoms with Gasteiger partial charge in [0, 0.05) is 13.0 Å². The average molecular weight is 296 g/mol. The molecule has 1 amide bonds. The molecule has 0 radical (unpaired) electrons. The average Bonchev–Trinajstić information content (AvgIpc) is 2.93. The number of amides is 1. The van der Waals surface area contributed by atoms with Crippen molar-refractivity contribution >= 4 is 18.3 Å². The minimum absolute atomic E-state index is 0. The van der Waals surface area contributed by atoms with Gasteiger partial charge in [-0.2, -0.15) is 5.10 Å². The van der Waals surface area contributed by atoms with Gasteiger partial charge in [0.1, 0.15) is 12.7 Å². The van der Waals surface area contributed by atoms with Crippen LogP contribution < -0.4 is 11.1 Å². The van der Waals surface area contributed by atoms with Crippen molar-refractivity contribution in [3.8, 4) is 5.69 Å². The van der Waals surface area contributed by atoms with Crippen molar-refractivity contribution in [2.75, 3.05) is 6.54 Å². The molecule has 20 heavy (non-hydrogen) atoms. The van der Waals surface area contributed by atoms with Gasteiger partial charge < -0.3 is 11.1 Å². The van der Waals surface area contributed by atoms with Crippen LogP contribution in [0.4, 0.5) is 0 Å². The van der Waals surface area contributed by atoms with Crippen LogP contribution in [0.5, 0.6) is 0 Å². The van der Waals surface area contributed by atoms with Crippen molar-refractivity contribution in [3.05, 3.63) is 42.5 Å². The van der Waals surface area contributed by atoms with Gasteiger partial charge in [-0.1, -0.05) is 12.1 Å². The fourth-order valence-corrected chi connectivity index (χ4v) is 1.79. The Hall–Kier alpha value is -1.92. The summed E-state index contributed by atoms with van der Waals surface area (Å²) in [4.78, 5) is 15.4. The van der Waals surface area contributed by atoms with E-state index in [4.69, 9.17) is 5.73 Å². The molecular formula is C13H18ClN5O. The molecule has 108 valence electrons. The lowest BCUT2D eigenvalue weighted by Crippen LogP contribution is -2.28. The van der Waals surface area contributed by atoms with E-state index in [1.54, 1.807) is 11.0 Å². The topological polar surface area (TPSA) is 85.8 Å². The fraction of sp³-hybridized carbons (Fsp3) is 0.308. The molecule has 0 saturated carbocycles. The summed E-state index contributed by atoms with van der Waals surface area (Å²) in [6, 6.07) is 7.77. The molecule has 1 heterocycles. The molecule has 2 aromatic rings. The van der Waals surface area contributed by atoms with E-state index in [1.807, 2.05) is 31.2 Å². The molecule has 2 rings (SSSR count). The van der Waals surface area contributed by atoms with Crippen molar-refractivity contribution in [1.29, 1.82) is 0 Å². The van der Waals surface area contributed by atoms with Gasteiger partial charge in [0.25, 0.3) is 0 Å². The standard InChI is InChI=1S/C13H17N5O.ClH/c1-10(17-13(19)6-7-14)11-2-4-12(5-3-11)18-9-15-8-16-18;/h2-5,8-10H,6-7,14H2,1H3,(H,17,19);1H. The Bertz CT molecular complexity index is 526. The SMILES string of the molecule is CC(NC(=O)CCN)c1ccc(-n2cncn2)cc1.Cl. The highest BCUT2D eigenvalue weighted by atomic mass is 35.5. The summed E-state index contributed by atoms with van der Waals surface area (Å²) in [5.74, 6) is -0.0321. The minimum Gasteiger partial charge on any atom is -0.350 e. The second-order valence-electron chi connectivity index (χ2n) is 4.26. The van der Waals surface area contributed by atoms with Crippen LogP contribution in [0.1, 0.15) is 24.9 Å². The normalized spacial score (nSPS) is 11.5. The van der Waals surface area contributed by atoms with E-state index in [-0.39, 0.29) is 24.4 Å². The van der Waals surface area contributed by atoms with Crippen molar-refractivity contribution in [2.24, 2.45) is 5.73 Å². The third-order valence-electron chi connectivity index (χ3n) is 2.83. The number of carbonyl (C=O) groups is 1. The van der Waals surface area contributed by atoms with E-state index in [2.05, 4.69) is 15.4 Å². The van der Waals surface area contributed by atoms with Crippen LogP contribution in [0.25, 0.3) is 5.69 Å². The second kappa shape index (κ2) is 7.62. The molecule has 6 nitrogen and oxygen atoms in total. The van der Waals surface area contributed by atoms with Gasteiger partial charge in [-0.25, -0.2) is 9.67 Å². The van der Waals surface area contributed by atoms with Crippen molar-refractivity contribution in [3.63, 3.8) is 0 Å². The Morgan fingerprint density at radius 1 is 1.40 bits per heavy atom. The predicted octanol–water partition coefficient (Wildman–Crippen LogP) is 1.22. The number of nitrogens with zero attached hydrogens (tertiary/aromatic N) is 3. The van der Waals surface area contributed by atoms with Crippen LogP contribution in [-0.4, -0.2) is 27.2 Å². The van der Waals surface area contributed by atoms with Crippen LogP contribution in [-0.2, 0) is 4.79 Å². The Balaban J connectivity index is 0.00000200. The van der Waals surface area contributed by atoms with Crippen molar-refractivity contribution in [2.45, 2.75) is 19.4 Å². The number of hydrogen-bond acceptors (Lipinski definition) is 4. The third kappa shape index (κ3) is 4.04. The number of nitrogens with two attached hydrogens (primary N) is 1. The first-order valence-electron chi connectivity index (χ1n) is 6.15. The number of benzene rings is 1. The van der Waals surface area contributed by atoms with Gasteiger partial charge in [0.15, 0.2) is 0 Å². The van der Waals surface area contributed by atoms with Crippen LogP contribution >= 0.6 is 12.4 Å². The summed E-state index contributed by atoms with van der Waals surface area (Å²) >= 11 is 0. The van der Waals surface area contributed by atoms with Gasteiger partial charge in [-0.3, -0.25) is 4.79 Å². The molecule has 0 aliphatic heterocycles. The molecular weight excluding hydrogens is 278 g/mol. The highest BCUT2D eigenvalue weighted by molar-refractivity contribution is 5.85. The maximum atomic E-state index is 11.5. The first kappa shape index (κ1) is 16.1. The predicted molar refractivity (Wildman–Crippen MR) is 78.8 cm³/mol. The number of carbonyl (C=O) groups excluding carboxylic acids is 1. The quantitative estimate of drug-likeness (QED) is 0.868. The highest BCUT2D eigenvalue weighted by Crippen LogP contribution is 2.15. The van der Waals surface area contributed by atoms with Crippen LogP contribution in [0.15, 0.2) is 36.9 Å². The van der Waals surface area contributed by atoms with Gasteiger partial charge >= 0.3 is 0 Å². The molecule has 7 heteroatoms.